The van der Waals surface area contributed by atoms with Gasteiger partial charge in [-0.15, -0.1) is 0 Å². The van der Waals surface area contributed by atoms with Gasteiger partial charge < -0.3 is 21.1 Å². The summed E-state index contributed by atoms with van der Waals surface area (Å²) in [5.41, 5.74) is 4.67. The first-order chi connectivity index (χ1) is 9.14. The zero-order chi connectivity index (χ0) is 15.5. The van der Waals surface area contributed by atoms with E-state index in [2.05, 4.69) is 5.32 Å². The van der Waals surface area contributed by atoms with E-state index in [0.29, 0.717) is 13.0 Å². The van der Waals surface area contributed by atoms with Crippen LogP contribution >= 0.6 is 0 Å². The van der Waals surface area contributed by atoms with Crippen LogP contribution in [0.2, 0.25) is 0 Å². The first-order valence-electron chi connectivity index (χ1n) is 6.74. The SMILES string of the molecule is CC(C)(C)C(NC(=O)N1CCCCC1C(N)=O)C(=O)O. The maximum atomic E-state index is 12.2. The number of nitrogens with zero attached hydrogens (tertiary/aromatic N) is 1. The maximum absolute atomic E-state index is 12.2. The predicted octanol–water partition coefficient (Wildman–Crippen LogP) is 0.535. The van der Waals surface area contributed by atoms with Crippen molar-refractivity contribution in [1.82, 2.24) is 10.2 Å². The molecule has 0 spiro atoms. The molecule has 1 fully saturated rings. The van der Waals surface area contributed by atoms with E-state index >= 15 is 0 Å². The first-order valence-corrected chi connectivity index (χ1v) is 6.74. The normalized spacial score (nSPS) is 21.1. The number of amides is 3. The number of carboxylic acid groups (broad SMARTS) is 1. The number of nitrogens with one attached hydrogen (secondary N) is 1. The molecule has 0 aromatic rings. The molecule has 7 heteroatoms. The van der Waals surface area contributed by atoms with Crippen molar-refractivity contribution >= 4 is 17.9 Å². The molecule has 1 saturated heterocycles. The summed E-state index contributed by atoms with van der Waals surface area (Å²) in [5, 5.41) is 11.7. The van der Waals surface area contributed by atoms with E-state index in [9.17, 15) is 19.5 Å². The van der Waals surface area contributed by atoms with Crippen LogP contribution in [0.1, 0.15) is 40.0 Å². The second-order valence-corrected chi connectivity index (χ2v) is 6.19. The average Bonchev–Trinajstić information content (AvgIpc) is 2.33. The van der Waals surface area contributed by atoms with Gasteiger partial charge in [0.1, 0.15) is 12.1 Å². The van der Waals surface area contributed by atoms with Gasteiger partial charge in [0.15, 0.2) is 0 Å². The third kappa shape index (κ3) is 3.85. The lowest BCUT2D eigenvalue weighted by Crippen LogP contribution is -2.58. The molecule has 4 N–H and O–H groups in total. The summed E-state index contributed by atoms with van der Waals surface area (Å²) in [5.74, 6) is -1.65. The van der Waals surface area contributed by atoms with Gasteiger partial charge in [0.25, 0.3) is 0 Å². The number of carbonyl (C=O) groups is 3. The number of piperidine rings is 1. The minimum Gasteiger partial charge on any atom is -0.480 e. The number of hydrogen-bond acceptors (Lipinski definition) is 3. The van der Waals surface area contributed by atoms with E-state index in [4.69, 9.17) is 5.73 Å². The number of carbonyl (C=O) groups excluding carboxylic acids is 2. The lowest BCUT2D eigenvalue weighted by molar-refractivity contribution is -0.142. The Morgan fingerprint density at radius 3 is 2.35 bits per heavy atom. The summed E-state index contributed by atoms with van der Waals surface area (Å²) in [6, 6.07) is -2.22. The molecule has 2 unspecified atom stereocenters. The Bertz CT molecular complexity index is 403. The zero-order valence-electron chi connectivity index (χ0n) is 12.2. The molecule has 0 aromatic heterocycles. The summed E-state index contributed by atoms with van der Waals surface area (Å²) in [4.78, 5) is 36.2. The number of urea groups is 1. The quantitative estimate of drug-likeness (QED) is 0.702. The third-order valence-electron chi connectivity index (χ3n) is 3.47. The molecule has 7 nitrogen and oxygen atoms in total. The van der Waals surface area contributed by atoms with Gasteiger partial charge in [-0.05, 0) is 24.7 Å². The molecule has 0 bridgehead atoms. The van der Waals surface area contributed by atoms with E-state index in [0.717, 1.165) is 12.8 Å². The van der Waals surface area contributed by atoms with E-state index in [1.807, 2.05) is 0 Å². The van der Waals surface area contributed by atoms with Crippen LogP contribution in [-0.2, 0) is 9.59 Å². The lowest BCUT2D eigenvalue weighted by Gasteiger charge is -2.36. The smallest absolute Gasteiger partial charge is 0.326 e. The Balaban J connectivity index is 2.82. The number of aliphatic carboxylic acids is 1. The van der Waals surface area contributed by atoms with Crippen molar-refractivity contribution in [3.8, 4) is 0 Å². The second kappa shape index (κ2) is 6.11. The molecule has 20 heavy (non-hydrogen) atoms. The highest BCUT2D eigenvalue weighted by Gasteiger charge is 2.37. The Morgan fingerprint density at radius 1 is 1.30 bits per heavy atom. The largest absolute Gasteiger partial charge is 0.480 e. The fourth-order valence-corrected chi connectivity index (χ4v) is 2.33. The van der Waals surface area contributed by atoms with Crippen molar-refractivity contribution in [2.45, 2.75) is 52.1 Å². The summed E-state index contributed by atoms with van der Waals surface area (Å²) in [7, 11) is 0. The van der Waals surface area contributed by atoms with Crippen LogP contribution < -0.4 is 11.1 Å². The first kappa shape index (κ1) is 16.3. The highest BCUT2D eigenvalue weighted by Crippen LogP contribution is 2.21. The van der Waals surface area contributed by atoms with Gasteiger partial charge in [-0.2, -0.15) is 0 Å². The Kier molecular flexibility index (Phi) is 4.97. The van der Waals surface area contributed by atoms with Crippen LogP contribution in [0.5, 0.6) is 0 Å². The van der Waals surface area contributed by atoms with Crippen molar-refractivity contribution in [1.29, 1.82) is 0 Å². The molecule has 1 aliphatic rings. The highest BCUT2D eigenvalue weighted by atomic mass is 16.4. The molecule has 0 saturated carbocycles. The second-order valence-electron chi connectivity index (χ2n) is 6.19. The lowest BCUT2D eigenvalue weighted by atomic mass is 9.87. The van der Waals surface area contributed by atoms with Crippen LogP contribution in [0.25, 0.3) is 0 Å². The standard InChI is InChI=1S/C13H23N3O4/c1-13(2,3)9(11(18)19)15-12(20)16-7-5-4-6-8(16)10(14)17/h8-9H,4-7H2,1-3H3,(H2,14,17)(H,15,20)(H,18,19). The van der Waals surface area contributed by atoms with Crippen LogP contribution in [0.3, 0.4) is 0 Å². The van der Waals surface area contributed by atoms with Gasteiger partial charge in [0.05, 0.1) is 0 Å². The van der Waals surface area contributed by atoms with Gasteiger partial charge in [-0.3, -0.25) is 4.79 Å². The summed E-state index contributed by atoms with van der Waals surface area (Å²) < 4.78 is 0. The molecule has 114 valence electrons. The third-order valence-corrected chi connectivity index (χ3v) is 3.47. The molecule has 0 radical (unpaired) electrons. The van der Waals surface area contributed by atoms with Gasteiger partial charge in [-0.25, -0.2) is 9.59 Å². The van der Waals surface area contributed by atoms with E-state index < -0.39 is 35.4 Å². The fourth-order valence-electron chi connectivity index (χ4n) is 2.33. The molecule has 1 heterocycles. The van der Waals surface area contributed by atoms with Crippen LogP contribution in [0, 0.1) is 5.41 Å². The summed E-state index contributed by atoms with van der Waals surface area (Å²) in [6.07, 6.45) is 2.14. The van der Waals surface area contributed by atoms with Crippen molar-refractivity contribution in [3.05, 3.63) is 0 Å². The van der Waals surface area contributed by atoms with E-state index in [1.54, 1.807) is 20.8 Å². The topological polar surface area (TPSA) is 113 Å². The van der Waals surface area contributed by atoms with E-state index in [-0.39, 0.29) is 0 Å². The number of carboxylic acids is 1. The summed E-state index contributed by atoms with van der Waals surface area (Å²) in [6.45, 7) is 5.60. The van der Waals surface area contributed by atoms with Crippen LogP contribution in [0.15, 0.2) is 0 Å². The van der Waals surface area contributed by atoms with Gasteiger partial charge >= 0.3 is 12.0 Å². The monoisotopic (exact) mass is 285 g/mol. The minimum absolute atomic E-state index is 0.413. The van der Waals surface area contributed by atoms with Gasteiger partial charge in [-0.1, -0.05) is 20.8 Å². The molecular weight excluding hydrogens is 262 g/mol. The van der Waals surface area contributed by atoms with Gasteiger partial charge in [0, 0.05) is 6.54 Å². The fraction of sp³-hybridized carbons (Fsp3) is 0.769. The van der Waals surface area contributed by atoms with E-state index in [1.165, 1.54) is 4.90 Å². The van der Waals surface area contributed by atoms with Crippen molar-refractivity contribution < 1.29 is 19.5 Å². The zero-order valence-corrected chi connectivity index (χ0v) is 12.2. The average molecular weight is 285 g/mol. The molecule has 0 aromatic carbocycles. The summed E-state index contributed by atoms with van der Waals surface area (Å²) >= 11 is 0. The number of rotatable bonds is 3. The maximum Gasteiger partial charge on any atom is 0.326 e. The number of likely N-dealkylation sites (tertiary alicyclic amines) is 1. The molecule has 0 aliphatic carbocycles. The highest BCUT2D eigenvalue weighted by molar-refractivity contribution is 5.88. The van der Waals surface area contributed by atoms with Crippen molar-refractivity contribution in [2.75, 3.05) is 6.54 Å². The number of nitrogens with two attached hydrogens (primary N) is 1. The Hall–Kier alpha value is -1.79. The van der Waals surface area contributed by atoms with Gasteiger partial charge in [0.2, 0.25) is 5.91 Å². The number of primary amides is 1. The molecule has 1 aliphatic heterocycles. The number of hydrogen-bond donors (Lipinski definition) is 3. The molecule has 1 rings (SSSR count). The van der Waals surface area contributed by atoms with Crippen molar-refractivity contribution in [3.63, 3.8) is 0 Å². The van der Waals surface area contributed by atoms with Crippen LogP contribution in [-0.4, -0.2) is 46.5 Å². The predicted molar refractivity (Wildman–Crippen MR) is 72.9 cm³/mol. The molecule has 3 amide bonds. The minimum atomic E-state index is -1.10. The van der Waals surface area contributed by atoms with Crippen LogP contribution in [0.4, 0.5) is 4.79 Å². The molecule has 2 atom stereocenters. The van der Waals surface area contributed by atoms with Crippen molar-refractivity contribution in [2.24, 2.45) is 11.1 Å². The Morgan fingerprint density at radius 2 is 1.90 bits per heavy atom. The Labute approximate surface area is 118 Å². The molecular formula is C13H23N3O4.